The molecule has 0 bridgehead atoms. The van der Waals surface area contributed by atoms with E-state index < -0.39 is 11.7 Å². The Hall–Kier alpha value is -2.02. The van der Waals surface area contributed by atoms with Crippen molar-refractivity contribution in [2.75, 3.05) is 13.2 Å². The van der Waals surface area contributed by atoms with Gasteiger partial charge in [-0.15, -0.1) is 0 Å². The van der Waals surface area contributed by atoms with Crippen molar-refractivity contribution in [3.05, 3.63) is 40.6 Å². The zero-order valence-corrected chi connectivity index (χ0v) is 13.9. The average molecular weight is 327 g/mol. The van der Waals surface area contributed by atoms with Crippen molar-refractivity contribution in [2.45, 2.75) is 38.4 Å². The lowest BCUT2D eigenvalue weighted by Gasteiger charge is -2.25. The van der Waals surface area contributed by atoms with E-state index in [-0.39, 0.29) is 0 Å². The minimum absolute atomic E-state index is 0.296. The molecule has 1 aromatic carbocycles. The average Bonchev–Trinajstić information content (AvgIpc) is 3.34. The van der Waals surface area contributed by atoms with Crippen LogP contribution >= 0.6 is 0 Å². The number of benzene rings is 1. The van der Waals surface area contributed by atoms with Crippen LogP contribution in [0.15, 0.2) is 18.2 Å². The maximum absolute atomic E-state index is 11.9. The number of pyridine rings is 1. The van der Waals surface area contributed by atoms with Crippen molar-refractivity contribution in [1.82, 2.24) is 10.4 Å². The van der Waals surface area contributed by atoms with Gasteiger partial charge in [0.25, 0.3) is 5.91 Å². The van der Waals surface area contributed by atoms with Crippen LogP contribution in [0, 0.1) is 6.92 Å². The zero-order chi connectivity index (χ0) is 16.9. The number of ether oxygens (including phenoxy) is 2. The third-order valence-electron chi connectivity index (χ3n) is 4.88. The van der Waals surface area contributed by atoms with E-state index in [0.717, 1.165) is 22.0 Å². The summed E-state index contributed by atoms with van der Waals surface area (Å²) in [6.07, 6.45) is 2.42. The quantitative estimate of drug-likeness (QED) is 0.513. The van der Waals surface area contributed by atoms with E-state index in [1.54, 1.807) is 6.07 Å². The van der Waals surface area contributed by atoms with E-state index in [4.69, 9.17) is 15.3 Å². The Bertz CT molecular complexity index is 824. The number of aromatic nitrogens is 1. The maximum Gasteiger partial charge on any atom is 0.283 e. The number of aryl methyl sites for hydroxylation is 1. The Morgan fingerprint density at radius 3 is 2.62 bits per heavy atom. The standard InChI is InChI=1S/C18H21N3O3/c1-10-7-15(17(22)21-19)20-16-13(10)8-12(11-3-4-11)9-14(16)18(2)23-5-6-24-18/h7-9,11H,3-6,19H2,1-2H3,(H,21,22). The molecule has 1 saturated heterocycles. The lowest BCUT2D eigenvalue weighted by atomic mass is 9.95. The maximum atomic E-state index is 11.9. The number of nitrogens with two attached hydrogens (primary N) is 1. The van der Waals surface area contributed by atoms with Crippen LogP contribution < -0.4 is 11.3 Å². The summed E-state index contributed by atoms with van der Waals surface area (Å²) < 4.78 is 11.7. The number of nitrogens with zero attached hydrogens (tertiary/aromatic N) is 1. The second-order valence-corrected chi connectivity index (χ2v) is 6.68. The minimum atomic E-state index is -0.833. The molecule has 1 amide bonds. The summed E-state index contributed by atoms with van der Waals surface area (Å²) in [6, 6.07) is 6.08. The molecule has 3 N–H and O–H groups in total. The van der Waals surface area contributed by atoms with Crippen LogP contribution in [0.4, 0.5) is 0 Å². The number of rotatable bonds is 3. The van der Waals surface area contributed by atoms with Gasteiger partial charge in [0.05, 0.1) is 18.7 Å². The first-order valence-corrected chi connectivity index (χ1v) is 8.26. The Balaban J connectivity index is 1.99. The number of nitrogens with one attached hydrogen (secondary N) is 1. The summed E-state index contributed by atoms with van der Waals surface area (Å²) in [4.78, 5) is 16.5. The Morgan fingerprint density at radius 2 is 2.00 bits per heavy atom. The van der Waals surface area contributed by atoms with Crippen molar-refractivity contribution in [3.8, 4) is 0 Å². The van der Waals surface area contributed by atoms with Crippen molar-refractivity contribution >= 4 is 16.8 Å². The number of amides is 1. The monoisotopic (exact) mass is 327 g/mol. The van der Waals surface area contributed by atoms with E-state index in [1.165, 1.54) is 18.4 Å². The van der Waals surface area contributed by atoms with Gasteiger partial charge in [-0.05, 0) is 61.9 Å². The van der Waals surface area contributed by atoms with Crippen molar-refractivity contribution in [2.24, 2.45) is 5.84 Å². The molecule has 0 spiro atoms. The second kappa shape index (κ2) is 5.51. The first-order chi connectivity index (χ1) is 11.5. The number of hydrogen-bond acceptors (Lipinski definition) is 5. The summed E-state index contributed by atoms with van der Waals surface area (Å²) in [5, 5.41) is 1.03. The number of fused-ring (bicyclic) bond motifs is 1. The number of carbonyl (C=O) groups excluding carboxylic acids is 1. The molecule has 2 aromatic rings. The van der Waals surface area contributed by atoms with Gasteiger partial charge in [0.15, 0.2) is 5.79 Å². The van der Waals surface area contributed by atoms with Gasteiger partial charge in [0.2, 0.25) is 0 Å². The van der Waals surface area contributed by atoms with Gasteiger partial charge in [0, 0.05) is 10.9 Å². The molecule has 2 fully saturated rings. The summed E-state index contributed by atoms with van der Waals surface area (Å²) in [7, 11) is 0. The summed E-state index contributed by atoms with van der Waals surface area (Å²) in [5.74, 6) is 4.63. The van der Waals surface area contributed by atoms with E-state index in [9.17, 15) is 4.79 Å². The van der Waals surface area contributed by atoms with Gasteiger partial charge < -0.3 is 9.47 Å². The van der Waals surface area contributed by atoms with E-state index in [0.29, 0.717) is 24.8 Å². The topological polar surface area (TPSA) is 86.5 Å². The molecule has 2 aliphatic rings. The first-order valence-electron chi connectivity index (χ1n) is 8.26. The largest absolute Gasteiger partial charge is 0.344 e. The summed E-state index contributed by atoms with van der Waals surface area (Å²) in [5.41, 5.74) is 6.35. The van der Waals surface area contributed by atoms with Crippen LogP contribution in [0.3, 0.4) is 0 Å². The molecule has 1 aliphatic carbocycles. The van der Waals surface area contributed by atoms with Crippen LogP contribution in [-0.4, -0.2) is 24.1 Å². The Kier molecular flexibility index (Phi) is 3.56. The molecule has 0 unspecified atom stereocenters. The highest BCUT2D eigenvalue weighted by Gasteiger charge is 2.37. The van der Waals surface area contributed by atoms with E-state index in [1.807, 2.05) is 13.8 Å². The Morgan fingerprint density at radius 1 is 1.29 bits per heavy atom. The highest BCUT2D eigenvalue weighted by molar-refractivity contribution is 5.96. The Labute approximate surface area is 140 Å². The fourth-order valence-corrected chi connectivity index (χ4v) is 3.37. The molecular weight excluding hydrogens is 306 g/mol. The molecule has 0 radical (unpaired) electrons. The minimum Gasteiger partial charge on any atom is -0.344 e. The van der Waals surface area contributed by atoms with Gasteiger partial charge in [0.1, 0.15) is 5.69 Å². The predicted octanol–water partition coefficient (Wildman–Crippen LogP) is 2.24. The molecular formula is C18H21N3O3. The highest BCUT2D eigenvalue weighted by atomic mass is 16.7. The molecule has 0 atom stereocenters. The van der Waals surface area contributed by atoms with Gasteiger partial charge in [-0.1, -0.05) is 0 Å². The molecule has 1 aromatic heterocycles. The predicted molar refractivity (Wildman–Crippen MR) is 89.4 cm³/mol. The lowest BCUT2D eigenvalue weighted by molar-refractivity contribution is -0.148. The smallest absolute Gasteiger partial charge is 0.283 e. The summed E-state index contributed by atoms with van der Waals surface area (Å²) in [6.45, 7) is 5.00. The molecule has 6 heteroatoms. The lowest BCUT2D eigenvalue weighted by Crippen LogP contribution is -2.31. The fraction of sp³-hybridized carbons (Fsp3) is 0.444. The van der Waals surface area contributed by atoms with Gasteiger partial charge in [-0.2, -0.15) is 0 Å². The van der Waals surface area contributed by atoms with Crippen LogP contribution in [-0.2, 0) is 15.3 Å². The second-order valence-electron chi connectivity index (χ2n) is 6.68. The molecule has 4 rings (SSSR count). The molecule has 126 valence electrons. The molecule has 2 heterocycles. The van der Waals surface area contributed by atoms with Gasteiger partial charge >= 0.3 is 0 Å². The summed E-state index contributed by atoms with van der Waals surface area (Å²) >= 11 is 0. The number of hydrazine groups is 1. The van der Waals surface area contributed by atoms with E-state index in [2.05, 4.69) is 22.5 Å². The van der Waals surface area contributed by atoms with Crippen molar-refractivity contribution in [1.29, 1.82) is 0 Å². The molecule has 1 aliphatic heterocycles. The van der Waals surface area contributed by atoms with Gasteiger partial charge in [-0.25, -0.2) is 10.8 Å². The third-order valence-corrected chi connectivity index (χ3v) is 4.88. The van der Waals surface area contributed by atoms with Crippen LogP contribution in [0.5, 0.6) is 0 Å². The number of nitrogen functional groups attached to an aromatic ring is 1. The SMILES string of the molecule is Cc1cc(C(=O)NN)nc2c(C3(C)OCCO3)cc(C3CC3)cc12. The van der Waals surface area contributed by atoms with Crippen LogP contribution in [0.2, 0.25) is 0 Å². The van der Waals surface area contributed by atoms with Gasteiger partial charge in [-0.3, -0.25) is 10.2 Å². The zero-order valence-electron chi connectivity index (χ0n) is 13.9. The third kappa shape index (κ3) is 2.47. The number of carbonyl (C=O) groups is 1. The van der Waals surface area contributed by atoms with Crippen LogP contribution in [0.25, 0.3) is 10.9 Å². The van der Waals surface area contributed by atoms with E-state index >= 15 is 0 Å². The van der Waals surface area contributed by atoms with Crippen molar-refractivity contribution < 1.29 is 14.3 Å². The number of hydrogen-bond donors (Lipinski definition) is 2. The van der Waals surface area contributed by atoms with Crippen molar-refractivity contribution in [3.63, 3.8) is 0 Å². The molecule has 6 nitrogen and oxygen atoms in total. The highest BCUT2D eigenvalue weighted by Crippen LogP contribution is 2.44. The molecule has 1 saturated carbocycles. The first kappa shape index (κ1) is 15.5. The normalized spacial score (nSPS) is 19.6. The molecule has 24 heavy (non-hydrogen) atoms. The van der Waals surface area contributed by atoms with Crippen LogP contribution in [0.1, 0.15) is 52.9 Å². The fourth-order valence-electron chi connectivity index (χ4n) is 3.37.